The summed E-state index contributed by atoms with van der Waals surface area (Å²) in [5.41, 5.74) is 2.73. The predicted molar refractivity (Wildman–Crippen MR) is 133 cm³/mol. The Morgan fingerprint density at radius 2 is 1.88 bits per heavy atom. The number of carbonyl (C=O) groups excluding carboxylic acids is 2. The first-order valence-electron chi connectivity index (χ1n) is 11.7. The van der Waals surface area contributed by atoms with Gasteiger partial charge in [-0.25, -0.2) is 4.98 Å². The highest BCUT2D eigenvalue weighted by molar-refractivity contribution is 7.22. The topological polar surface area (TPSA) is 80.8 Å². The van der Waals surface area contributed by atoms with E-state index < -0.39 is 0 Å². The Balaban J connectivity index is 1.11. The molecular formula is C26H29N3O4S. The summed E-state index contributed by atoms with van der Waals surface area (Å²) in [5.74, 6) is 1.98. The number of thiazole rings is 1. The van der Waals surface area contributed by atoms with Crippen molar-refractivity contribution < 1.29 is 19.1 Å². The number of aromatic nitrogens is 1. The van der Waals surface area contributed by atoms with Gasteiger partial charge in [-0.15, -0.1) is 0 Å². The molecule has 1 saturated heterocycles. The molecule has 2 aromatic carbocycles. The van der Waals surface area contributed by atoms with Crippen molar-refractivity contribution in [3.63, 3.8) is 0 Å². The molecule has 1 fully saturated rings. The van der Waals surface area contributed by atoms with Crippen molar-refractivity contribution in [3.05, 3.63) is 47.5 Å². The standard InChI is InChI=1S/C26H29N3O4S/c1-32-21-13-17-12-18(25(31)19(17)14-22(21)33-2)11-16-7-9-29(10-8-16)15-24(30)28-26-27-20-5-3-4-6-23(20)34-26/h3-6,13-14,16,18H,7-12,15H2,1-2H3,(H,27,28,30). The van der Waals surface area contributed by atoms with E-state index in [-0.39, 0.29) is 17.6 Å². The zero-order valence-electron chi connectivity index (χ0n) is 19.5. The van der Waals surface area contributed by atoms with Crippen LogP contribution in [0.15, 0.2) is 36.4 Å². The fraction of sp³-hybridized carbons (Fsp3) is 0.423. The van der Waals surface area contributed by atoms with Crippen molar-refractivity contribution in [1.29, 1.82) is 0 Å². The number of Topliss-reactive ketones (excluding diaryl/α,β-unsaturated/α-hetero) is 1. The highest BCUT2D eigenvalue weighted by atomic mass is 32.1. The third-order valence-corrected chi connectivity index (χ3v) is 7.90. The van der Waals surface area contributed by atoms with E-state index >= 15 is 0 Å². The molecule has 7 nitrogen and oxygen atoms in total. The maximum absolute atomic E-state index is 13.0. The Bertz CT molecular complexity index is 1180. The van der Waals surface area contributed by atoms with E-state index in [9.17, 15) is 9.59 Å². The van der Waals surface area contributed by atoms with E-state index in [1.807, 2.05) is 36.4 Å². The zero-order valence-corrected chi connectivity index (χ0v) is 20.3. The Hall–Kier alpha value is -2.97. The first-order valence-corrected chi connectivity index (χ1v) is 12.5. The normalized spacial score (nSPS) is 18.8. The molecule has 2 heterocycles. The van der Waals surface area contributed by atoms with Gasteiger partial charge in [0, 0.05) is 11.5 Å². The quantitative estimate of drug-likeness (QED) is 0.541. The Morgan fingerprint density at radius 3 is 2.62 bits per heavy atom. The lowest BCUT2D eigenvalue weighted by Gasteiger charge is -2.32. The van der Waals surface area contributed by atoms with E-state index in [1.165, 1.54) is 11.3 Å². The van der Waals surface area contributed by atoms with Gasteiger partial charge in [0.05, 0.1) is 31.0 Å². The lowest BCUT2D eigenvalue weighted by molar-refractivity contribution is -0.117. The Morgan fingerprint density at radius 1 is 1.15 bits per heavy atom. The molecule has 0 saturated carbocycles. The van der Waals surface area contributed by atoms with Crippen LogP contribution in [0.3, 0.4) is 0 Å². The molecule has 0 spiro atoms. The van der Waals surface area contributed by atoms with Crippen LogP contribution in [0, 0.1) is 11.8 Å². The monoisotopic (exact) mass is 479 g/mol. The average Bonchev–Trinajstić information content (AvgIpc) is 3.39. The van der Waals surface area contributed by atoms with Gasteiger partial charge in [-0.1, -0.05) is 23.5 Å². The number of anilines is 1. The van der Waals surface area contributed by atoms with Crippen LogP contribution in [0.1, 0.15) is 35.2 Å². The Labute approximate surface area is 203 Å². The van der Waals surface area contributed by atoms with Crippen molar-refractivity contribution in [2.75, 3.05) is 39.2 Å². The number of nitrogens with one attached hydrogen (secondary N) is 1. The number of para-hydroxylation sites is 1. The summed E-state index contributed by atoms with van der Waals surface area (Å²) in [6.07, 6.45) is 3.66. The van der Waals surface area contributed by atoms with Gasteiger partial charge in [0.25, 0.3) is 0 Å². The van der Waals surface area contributed by atoms with E-state index in [2.05, 4.69) is 15.2 Å². The molecule has 8 heteroatoms. The number of nitrogens with zero attached hydrogens (tertiary/aromatic N) is 2. The van der Waals surface area contributed by atoms with Gasteiger partial charge in [0.2, 0.25) is 5.91 Å². The van der Waals surface area contributed by atoms with E-state index in [1.54, 1.807) is 14.2 Å². The molecule has 2 aliphatic rings. The SMILES string of the molecule is COc1cc2c(cc1OC)C(=O)C(CC1CCN(CC(=O)Nc3nc4ccccc4s3)CC1)C2. The second-order valence-corrected chi connectivity index (χ2v) is 10.2. The van der Waals surface area contributed by atoms with Gasteiger partial charge in [0.15, 0.2) is 22.4 Å². The summed E-state index contributed by atoms with van der Waals surface area (Å²) >= 11 is 1.50. The van der Waals surface area contributed by atoms with Gasteiger partial charge in [-0.2, -0.15) is 0 Å². The maximum atomic E-state index is 13.0. The minimum atomic E-state index is -0.0261. The van der Waals surface area contributed by atoms with Crippen LogP contribution in [0.5, 0.6) is 11.5 Å². The highest BCUT2D eigenvalue weighted by Gasteiger charge is 2.34. The lowest BCUT2D eigenvalue weighted by atomic mass is 9.85. The van der Waals surface area contributed by atoms with E-state index in [0.717, 1.165) is 60.1 Å². The van der Waals surface area contributed by atoms with Crippen molar-refractivity contribution in [1.82, 2.24) is 9.88 Å². The second-order valence-electron chi connectivity index (χ2n) is 9.12. The fourth-order valence-corrected chi connectivity index (χ4v) is 6.04. The first kappa shape index (κ1) is 22.8. The van der Waals surface area contributed by atoms with Gasteiger partial charge in [-0.05, 0) is 74.5 Å². The van der Waals surface area contributed by atoms with Crippen molar-refractivity contribution >= 4 is 38.4 Å². The number of methoxy groups -OCH3 is 2. The lowest BCUT2D eigenvalue weighted by Crippen LogP contribution is -2.39. The predicted octanol–water partition coefficient (Wildman–Crippen LogP) is 4.41. The summed E-state index contributed by atoms with van der Waals surface area (Å²) in [7, 11) is 3.21. The average molecular weight is 480 g/mol. The van der Waals surface area contributed by atoms with E-state index in [0.29, 0.717) is 29.1 Å². The van der Waals surface area contributed by atoms with Crippen molar-refractivity contribution in [2.24, 2.45) is 11.8 Å². The number of piperidine rings is 1. The first-order chi connectivity index (χ1) is 16.5. The molecular weight excluding hydrogens is 450 g/mol. The molecule has 34 heavy (non-hydrogen) atoms. The summed E-state index contributed by atoms with van der Waals surface area (Å²) in [6.45, 7) is 2.11. The summed E-state index contributed by atoms with van der Waals surface area (Å²) in [5, 5.41) is 3.59. The van der Waals surface area contributed by atoms with E-state index in [4.69, 9.17) is 9.47 Å². The molecule has 1 amide bonds. The van der Waals surface area contributed by atoms with Crippen LogP contribution < -0.4 is 14.8 Å². The van der Waals surface area contributed by atoms with Gasteiger partial charge >= 0.3 is 0 Å². The molecule has 1 aliphatic carbocycles. The molecule has 1 N–H and O–H groups in total. The highest BCUT2D eigenvalue weighted by Crippen LogP contribution is 2.39. The number of ether oxygens (including phenoxy) is 2. The van der Waals surface area contributed by atoms with Crippen molar-refractivity contribution in [2.45, 2.75) is 25.7 Å². The molecule has 3 aromatic rings. The molecule has 0 radical (unpaired) electrons. The minimum absolute atomic E-state index is 0.0192. The van der Waals surface area contributed by atoms with Gasteiger partial charge in [-0.3, -0.25) is 14.5 Å². The summed E-state index contributed by atoms with van der Waals surface area (Å²) in [4.78, 5) is 32.2. The molecule has 178 valence electrons. The Kier molecular flexibility index (Phi) is 6.52. The third kappa shape index (κ3) is 4.65. The number of fused-ring (bicyclic) bond motifs is 2. The van der Waals surface area contributed by atoms with Crippen molar-refractivity contribution in [3.8, 4) is 11.5 Å². The number of likely N-dealkylation sites (tertiary alicyclic amines) is 1. The number of carbonyl (C=O) groups is 2. The number of hydrogen-bond donors (Lipinski definition) is 1. The van der Waals surface area contributed by atoms with Crippen LogP contribution in [0.2, 0.25) is 0 Å². The summed E-state index contributed by atoms with van der Waals surface area (Å²) in [6, 6.07) is 11.6. The molecule has 1 unspecified atom stereocenters. The molecule has 1 atom stereocenters. The molecule has 1 aliphatic heterocycles. The number of amides is 1. The van der Waals surface area contributed by atoms with Gasteiger partial charge < -0.3 is 14.8 Å². The summed E-state index contributed by atoms with van der Waals surface area (Å²) < 4.78 is 11.8. The van der Waals surface area contributed by atoms with Gasteiger partial charge in [0.1, 0.15) is 0 Å². The maximum Gasteiger partial charge on any atom is 0.240 e. The third-order valence-electron chi connectivity index (χ3n) is 6.94. The molecule has 0 bridgehead atoms. The largest absolute Gasteiger partial charge is 0.493 e. The van der Waals surface area contributed by atoms with Crippen LogP contribution in [0.25, 0.3) is 10.2 Å². The molecule has 5 rings (SSSR count). The fourth-order valence-electron chi connectivity index (χ4n) is 5.16. The minimum Gasteiger partial charge on any atom is -0.493 e. The number of rotatable bonds is 7. The number of benzene rings is 2. The zero-order chi connectivity index (χ0) is 23.7. The van der Waals surface area contributed by atoms with Crippen LogP contribution in [0.4, 0.5) is 5.13 Å². The molecule has 1 aromatic heterocycles. The number of hydrogen-bond acceptors (Lipinski definition) is 7. The van der Waals surface area contributed by atoms with Crippen LogP contribution in [-0.4, -0.2) is 55.4 Å². The second kappa shape index (κ2) is 9.72. The smallest absolute Gasteiger partial charge is 0.240 e. The van der Waals surface area contributed by atoms with Crippen LogP contribution in [-0.2, 0) is 11.2 Å². The number of ketones is 1. The van der Waals surface area contributed by atoms with Crippen LogP contribution >= 0.6 is 11.3 Å².